The number of benzene rings is 3. The summed E-state index contributed by atoms with van der Waals surface area (Å²) in [7, 11) is 0. The van der Waals surface area contributed by atoms with E-state index in [9.17, 15) is 0 Å². The molecule has 0 saturated carbocycles. The largest absolute Gasteiger partial charge is 0.300 e. The third kappa shape index (κ3) is 2.98. The van der Waals surface area contributed by atoms with Crippen molar-refractivity contribution in [1.29, 1.82) is 0 Å². The zero-order chi connectivity index (χ0) is 24.0. The molecule has 0 bridgehead atoms. The Bertz CT molecular complexity index is 1430. The molecule has 0 amide bonds. The average molecular weight is 484 g/mol. The molecule has 0 saturated heterocycles. The van der Waals surface area contributed by atoms with Crippen LogP contribution in [-0.4, -0.2) is 15.1 Å². The number of rotatable bonds is 5. The number of anilines is 1. The number of nitrogens with zero attached hydrogens (tertiary/aromatic N) is 3. The van der Waals surface area contributed by atoms with Gasteiger partial charge in [-0.3, -0.25) is 9.47 Å². The molecule has 2 aliphatic heterocycles. The van der Waals surface area contributed by atoms with E-state index < -0.39 is 4.75 Å². The molecule has 3 heterocycles. The Morgan fingerprint density at radius 3 is 1.97 bits per heavy atom. The molecule has 0 fully saturated rings. The fraction of sp³-hybridized carbons (Fsp3) is 0.0938. The quantitative estimate of drug-likeness (QED) is 0.168. The third-order valence-corrected chi connectivity index (χ3v) is 8.80. The van der Waals surface area contributed by atoms with E-state index in [0.29, 0.717) is 0 Å². The molecule has 0 radical (unpaired) electrons. The number of hydrogen-bond acceptors (Lipinski definition) is 3. The van der Waals surface area contributed by atoms with Gasteiger partial charge in [-0.15, -0.1) is 0 Å². The Kier molecular flexibility index (Phi) is 4.90. The topological polar surface area (TPSA) is 21.1 Å². The van der Waals surface area contributed by atoms with Gasteiger partial charge in [-0.25, -0.2) is 4.98 Å². The summed E-state index contributed by atoms with van der Waals surface area (Å²) in [5.41, 5.74) is 4.67. The van der Waals surface area contributed by atoms with Crippen LogP contribution in [-0.2, 0) is 4.75 Å². The Labute approximate surface area is 215 Å². The van der Waals surface area contributed by atoms with Gasteiger partial charge in [-0.2, -0.15) is 0 Å². The van der Waals surface area contributed by atoms with Crippen LogP contribution in [0.5, 0.6) is 0 Å². The highest BCUT2D eigenvalue weighted by atomic mass is 32.2. The van der Waals surface area contributed by atoms with Crippen LogP contribution < -0.4 is 4.90 Å². The lowest BCUT2D eigenvalue weighted by molar-refractivity contribution is 0.779. The minimum absolute atomic E-state index is 0.305. The van der Waals surface area contributed by atoms with Crippen molar-refractivity contribution >= 4 is 23.4 Å². The lowest BCUT2D eigenvalue weighted by atomic mass is 9.84. The molecule has 4 heteroatoms. The van der Waals surface area contributed by atoms with Crippen molar-refractivity contribution in [3.05, 3.63) is 157 Å². The molecular weight excluding hydrogens is 458 g/mol. The van der Waals surface area contributed by atoms with Gasteiger partial charge in [-0.05, 0) is 35.3 Å². The summed E-state index contributed by atoms with van der Waals surface area (Å²) in [6.07, 6.45) is 18.5. The number of fused-ring (bicyclic) bond motifs is 3. The Hall–Kier alpha value is -4.02. The minimum Gasteiger partial charge on any atom is -0.300 e. The van der Waals surface area contributed by atoms with Crippen LogP contribution >= 0.6 is 11.8 Å². The van der Waals surface area contributed by atoms with Gasteiger partial charge in [-0.1, -0.05) is 127 Å². The second-order valence-electron chi connectivity index (χ2n) is 9.24. The number of imidazole rings is 1. The molecule has 1 aromatic heterocycles. The van der Waals surface area contributed by atoms with Crippen LogP contribution in [0, 0.1) is 0 Å². The summed E-state index contributed by atoms with van der Waals surface area (Å²) in [6.45, 7) is 0. The SMILES string of the molecule is C1=CN2c3ncc(SC(c4ccccc4)(c4ccccc4)c4ccccc4)n3C3=CCC=CC32C=C1. The first-order valence-corrected chi connectivity index (χ1v) is 13.1. The zero-order valence-electron chi connectivity index (χ0n) is 19.7. The van der Waals surface area contributed by atoms with E-state index in [1.165, 1.54) is 22.4 Å². The maximum absolute atomic E-state index is 4.97. The van der Waals surface area contributed by atoms with Crippen LogP contribution in [0.3, 0.4) is 0 Å². The predicted octanol–water partition coefficient (Wildman–Crippen LogP) is 7.41. The summed E-state index contributed by atoms with van der Waals surface area (Å²) < 4.78 is 1.91. The van der Waals surface area contributed by atoms with Gasteiger partial charge in [0.2, 0.25) is 5.95 Å². The first-order valence-electron chi connectivity index (χ1n) is 12.3. The molecule has 1 unspecified atom stereocenters. The fourth-order valence-electron chi connectivity index (χ4n) is 5.71. The van der Waals surface area contributed by atoms with Gasteiger partial charge in [0.25, 0.3) is 0 Å². The van der Waals surface area contributed by atoms with Crippen molar-refractivity contribution in [2.75, 3.05) is 4.90 Å². The van der Waals surface area contributed by atoms with Crippen molar-refractivity contribution in [1.82, 2.24) is 9.55 Å². The number of allylic oxidation sites excluding steroid dienone is 4. The number of thioether (sulfide) groups is 1. The summed E-state index contributed by atoms with van der Waals surface area (Å²) in [5.74, 6) is 0.957. The Balaban J connectivity index is 1.47. The van der Waals surface area contributed by atoms with E-state index in [1.54, 1.807) is 0 Å². The molecule has 3 aliphatic rings. The molecule has 1 spiro atoms. The lowest BCUT2D eigenvalue weighted by Gasteiger charge is -2.36. The first-order chi connectivity index (χ1) is 17.8. The first kappa shape index (κ1) is 21.3. The van der Waals surface area contributed by atoms with Crippen LogP contribution in [0.25, 0.3) is 5.70 Å². The van der Waals surface area contributed by atoms with E-state index in [1.807, 2.05) is 18.0 Å². The lowest BCUT2D eigenvalue weighted by Crippen LogP contribution is -2.41. The van der Waals surface area contributed by atoms with Gasteiger partial charge < -0.3 is 0 Å². The molecule has 1 atom stereocenters. The van der Waals surface area contributed by atoms with Gasteiger partial charge in [0.05, 0.1) is 16.6 Å². The standard InChI is InChI=1S/C32H25N3S/c1-4-14-25(15-5-1)32(26-16-6-2-7-17-26,27-18-8-3-9-19-27)36-29-24-33-30-34-23-13-12-22-31(34)21-11-10-20-28(31)35(29)30/h1-9,11-24H,10H2. The monoisotopic (exact) mass is 483 g/mol. The molecule has 3 nitrogen and oxygen atoms in total. The maximum Gasteiger partial charge on any atom is 0.216 e. The molecule has 36 heavy (non-hydrogen) atoms. The molecule has 3 aromatic carbocycles. The van der Waals surface area contributed by atoms with Gasteiger partial charge in [0.15, 0.2) is 0 Å². The Morgan fingerprint density at radius 2 is 1.36 bits per heavy atom. The summed E-state index contributed by atoms with van der Waals surface area (Å²) in [4.78, 5) is 7.26. The molecule has 174 valence electrons. The highest BCUT2D eigenvalue weighted by Gasteiger charge is 2.49. The Morgan fingerprint density at radius 1 is 0.750 bits per heavy atom. The van der Waals surface area contributed by atoms with Gasteiger partial charge >= 0.3 is 0 Å². The summed E-state index contributed by atoms with van der Waals surface area (Å²) in [5, 5.41) is 1.12. The maximum atomic E-state index is 4.97. The number of aromatic nitrogens is 2. The second kappa shape index (κ2) is 8.28. The average Bonchev–Trinajstić information content (AvgIpc) is 3.49. The van der Waals surface area contributed by atoms with Crippen LogP contribution in [0.15, 0.2) is 145 Å². The third-order valence-electron chi connectivity index (χ3n) is 7.29. The molecule has 1 aliphatic carbocycles. The van der Waals surface area contributed by atoms with E-state index in [2.05, 4.69) is 143 Å². The van der Waals surface area contributed by atoms with Crippen LogP contribution in [0.1, 0.15) is 23.1 Å². The molecule has 7 rings (SSSR count). The predicted molar refractivity (Wildman–Crippen MR) is 149 cm³/mol. The van der Waals surface area contributed by atoms with Crippen molar-refractivity contribution in [3.63, 3.8) is 0 Å². The van der Waals surface area contributed by atoms with Gasteiger partial charge in [0.1, 0.15) is 10.6 Å². The van der Waals surface area contributed by atoms with E-state index in [4.69, 9.17) is 4.98 Å². The zero-order valence-corrected chi connectivity index (χ0v) is 20.6. The smallest absolute Gasteiger partial charge is 0.216 e. The molecular formula is C32H25N3S. The minimum atomic E-state index is -0.451. The van der Waals surface area contributed by atoms with Crippen molar-refractivity contribution in [3.8, 4) is 0 Å². The van der Waals surface area contributed by atoms with Crippen LogP contribution in [0.2, 0.25) is 0 Å². The number of hydrogen-bond donors (Lipinski definition) is 0. The van der Waals surface area contributed by atoms with Crippen LogP contribution in [0.4, 0.5) is 5.95 Å². The van der Waals surface area contributed by atoms with Crippen molar-refractivity contribution in [2.24, 2.45) is 0 Å². The normalized spacial score (nSPS) is 19.6. The summed E-state index contributed by atoms with van der Waals surface area (Å²) >= 11 is 1.87. The second-order valence-corrected chi connectivity index (χ2v) is 10.5. The van der Waals surface area contributed by atoms with E-state index in [0.717, 1.165) is 17.4 Å². The van der Waals surface area contributed by atoms with E-state index >= 15 is 0 Å². The summed E-state index contributed by atoms with van der Waals surface area (Å²) in [6, 6.07) is 32.5. The highest BCUT2D eigenvalue weighted by Crippen LogP contribution is 2.55. The van der Waals surface area contributed by atoms with Gasteiger partial charge in [0, 0.05) is 6.20 Å². The van der Waals surface area contributed by atoms with E-state index in [-0.39, 0.29) is 5.54 Å². The molecule has 0 N–H and O–H groups in total. The van der Waals surface area contributed by atoms with Crippen molar-refractivity contribution < 1.29 is 0 Å². The van der Waals surface area contributed by atoms with Crippen molar-refractivity contribution in [2.45, 2.75) is 21.7 Å². The highest BCUT2D eigenvalue weighted by molar-refractivity contribution is 8.00. The molecule has 4 aromatic rings. The fourth-order valence-corrected chi connectivity index (χ4v) is 7.16.